The molecule has 0 atom stereocenters. The van der Waals surface area contributed by atoms with Crippen molar-refractivity contribution in [2.45, 2.75) is 34.1 Å². The maximum absolute atomic E-state index is 4.53. The van der Waals surface area contributed by atoms with Crippen LogP contribution in [0.25, 0.3) is 0 Å². The van der Waals surface area contributed by atoms with Gasteiger partial charge in [0.15, 0.2) is 0 Å². The lowest BCUT2D eigenvalue weighted by atomic mass is 10.00. The average Bonchev–Trinajstić information content (AvgIpc) is 2.53. The molecule has 84 valence electrons. The Bertz CT molecular complexity index is 470. The second-order valence-electron chi connectivity index (χ2n) is 4.44. The van der Waals surface area contributed by atoms with Crippen LogP contribution in [-0.2, 0) is 6.42 Å². The van der Waals surface area contributed by atoms with E-state index in [9.17, 15) is 0 Å². The molecule has 1 N–H and O–H groups in total. The zero-order valence-corrected chi connectivity index (χ0v) is 10.4. The number of nitrogens with one attached hydrogen (secondary N) is 1. The Morgan fingerprint density at radius 3 is 2.19 bits per heavy atom. The number of aryl methyl sites for hydroxylation is 4. The minimum Gasteiger partial charge on any atom is -0.346 e. The van der Waals surface area contributed by atoms with E-state index in [0.29, 0.717) is 0 Å². The molecule has 2 rings (SSSR count). The Hall–Kier alpha value is -1.57. The van der Waals surface area contributed by atoms with Crippen LogP contribution in [0.1, 0.15) is 33.9 Å². The van der Waals surface area contributed by atoms with Crippen LogP contribution in [0.3, 0.4) is 0 Å². The summed E-state index contributed by atoms with van der Waals surface area (Å²) < 4.78 is 0. The number of rotatable bonds is 2. The molecule has 0 aliphatic carbocycles. The summed E-state index contributed by atoms with van der Waals surface area (Å²) in [6.45, 7) is 8.42. The first-order valence-corrected chi connectivity index (χ1v) is 5.65. The van der Waals surface area contributed by atoms with E-state index in [4.69, 9.17) is 0 Å². The third-order valence-corrected chi connectivity index (χ3v) is 3.17. The summed E-state index contributed by atoms with van der Waals surface area (Å²) in [7, 11) is 0. The van der Waals surface area contributed by atoms with E-state index in [-0.39, 0.29) is 0 Å². The smallest absolute Gasteiger partial charge is 0.110 e. The number of hydrogen-bond donors (Lipinski definition) is 1. The van der Waals surface area contributed by atoms with Gasteiger partial charge in [-0.15, -0.1) is 0 Å². The molecule has 0 amide bonds. The molecule has 0 saturated carbocycles. The second kappa shape index (κ2) is 4.12. The molecule has 0 spiro atoms. The van der Waals surface area contributed by atoms with Crippen LogP contribution < -0.4 is 0 Å². The molecule has 1 aromatic heterocycles. The molecule has 0 radical (unpaired) electrons. The maximum Gasteiger partial charge on any atom is 0.110 e. The van der Waals surface area contributed by atoms with Gasteiger partial charge in [0.05, 0.1) is 5.69 Å². The first kappa shape index (κ1) is 10.9. The fourth-order valence-corrected chi connectivity index (χ4v) is 2.00. The van der Waals surface area contributed by atoms with Gasteiger partial charge in [0.2, 0.25) is 0 Å². The summed E-state index contributed by atoms with van der Waals surface area (Å²) in [6.07, 6.45) is 0.896. The topological polar surface area (TPSA) is 28.7 Å². The summed E-state index contributed by atoms with van der Waals surface area (Å²) >= 11 is 0. The van der Waals surface area contributed by atoms with Crippen LogP contribution in [0.2, 0.25) is 0 Å². The molecule has 2 heteroatoms. The zero-order chi connectivity index (χ0) is 11.7. The van der Waals surface area contributed by atoms with Crippen molar-refractivity contribution in [3.05, 3.63) is 52.1 Å². The number of H-pyrrole nitrogens is 1. The summed E-state index contributed by atoms with van der Waals surface area (Å²) in [5.74, 6) is 1.06. The third-order valence-electron chi connectivity index (χ3n) is 3.17. The van der Waals surface area contributed by atoms with Crippen molar-refractivity contribution in [3.63, 3.8) is 0 Å². The summed E-state index contributed by atoms with van der Waals surface area (Å²) in [6, 6.07) is 6.42. The predicted molar refractivity (Wildman–Crippen MR) is 66.8 cm³/mol. The highest BCUT2D eigenvalue weighted by Crippen LogP contribution is 2.17. The minimum atomic E-state index is 0.896. The molecule has 2 aromatic rings. The lowest BCUT2D eigenvalue weighted by Gasteiger charge is -2.07. The average molecular weight is 214 g/mol. The van der Waals surface area contributed by atoms with E-state index in [1.165, 1.54) is 22.4 Å². The second-order valence-corrected chi connectivity index (χ2v) is 4.44. The van der Waals surface area contributed by atoms with Gasteiger partial charge in [-0.3, -0.25) is 0 Å². The van der Waals surface area contributed by atoms with Crippen LogP contribution in [0.4, 0.5) is 0 Å². The highest BCUT2D eigenvalue weighted by Gasteiger charge is 2.07. The van der Waals surface area contributed by atoms with Gasteiger partial charge in [-0.2, -0.15) is 0 Å². The van der Waals surface area contributed by atoms with Gasteiger partial charge in [0.25, 0.3) is 0 Å². The van der Waals surface area contributed by atoms with Gasteiger partial charge < -0.3 is 4.98 Å². The fourth-order valence-electron chi connectivity index (χ4n) is 2.00. The number of imidazole rings is 1. The fraction of sp³-hybridized carbons (Fsp3) is 0.357. The van der Waals surface area contributed by atoms with Crippen LogP contribution in [0, 0.1) is 27.7 Å². The third kappa shape index (κ3) is 2.01. The molecule has 2 nitrogen and oxygen atoms in total. The van der Waals surface area contributed by atoms with Crippen molar-refractivity contribution in [3.8, 4) is 0 Å². The predicted octanol–water partition coefficient (Wildman–Crippen LogP) is 3.23. The SMILES string of the molecule is Cc1cccc(C)c1Cc1nc(C)c(C)[nH]1. The monoisotopic (exact) mass is 214 g/mol. The molecule has 1 heterocycles. The highest BCUT2D eigenvalue weighted by atomic mass is 14.9. The number of aromatic amines is 1. The van der Waals surface area contributed by atoms with Crippen LogP contribution in [-0.4, -0.2) is 9.97 Å². The highest BCUT2D eigenvalue weighted by molar-refractivity contribution is 5.35. The molecule has 0 unspecified atom stereocenters. The van der Waals surface area contributed by atoms with Gasteiger partial charge in [-0.25, -0.2) is 4.98 Å². The molecule has 0 saturated heterocycles. The van der Waals surface area contributed by atoms with Crippen molar-refractivity contribution in [1.29, 1.82) is 0 Å². The summed E-state index contributed by atoms with van der Waals surface area (Å²) in [5, 5.41) is 0. The summed E-state index contributed by atoms with van der Waals surface area (Å²) in [4.78, 5) is 7.87. The van der Waals surface area contributed by atoms with Gasteiger partial charge >= 0.3 is 0 Å². The summed E-state index contributed by atoms with van der Waals surface area (Å²) in [5.41, 5.74) is 6.33. The Morgan fingerprint density at radius 2 is 1.69 bits per heavy atom. The van der Waals surface area contributed by atoms with Crippen molar-refractivity contribution in [1.82, 2.24) is 9.97 Å². The molecule has 1 aromatic carbocycles. The molecular formula is C14H18N2. The van der Waals surface area contributed by atoms with Gasteiger partial charge in [-0.1, -0.05) is 18.2 Å². The quantitative estimate of drug-likeness (QED) is 0.817. The Morgan fingerprint density at radius 1 is 1.06 bits per heavy atom. The molecule has 0 aliphatic rings. The number of hydrogen-bond acceptors (Lipinski definition) is 1. The first-order valence-electron chi connectivity index (χ1n) is 5.65. The normalized spacial score (nSPS) is 10.8. The van der Waals surface area contributed by atoms with Crippen LogP contribution in [0.5, 0.6) is 0 Å². The Labute approximate surface area is 96.7 Å². The van der Waals surface area contributed by atoms with E-state index in [0.717, 1.165) is 17.9 Å². The molecule has 0 bridgehead atoms. The first-order chi connectivity index (χ1) is 7.58. The van der Waals surface area contributed by atoms with E-state index in [1.807, 2.05) is 6.92 Å². The van der Waals surface area contributed by atoms with Crippen LogP contribution in [0.15, 0.2) is 18.2 Å². The van der Waals surface area contributed by atoms with Crippen LogP contribution >= 0.6 is 0 Å². The molecule has 0 aliphatic heterocycles. The van der Waals surface area contributed by atoms with Gasteiger partial charge in [0.1, 0.15) is 5.82 Å². The van der Waals surface area contributed by atoms with Gasteiger partial charge in [-0.05, 0) is 44.4 Å². The Balaban J connectivity index is 2.33. The van der Waals surface area contributed by atoms with E-state index >= 15 is 0 Å². The lowest BCUT2D eigenvalue weighted by molar-refractivity contribution is 0.990. The minimum absolute atomic E-state index is 0.896. The molecular weight excluding hydrogens is 196 g/mol. The van der Waals surface area contributed by atoms with Crippen molar-refractivity contribution in [2.75, 3.05) is 0 Å². The zero-order valence-electron chi connectivity index (χ0n) is 10.4. The van der Waals surface area contributed by atoms with E-state index < -0.39 is 0 Å². The molecule has 0 fully saturated rings. The number of benzene rings is 1. The van der Waals surface area contributed by atoms with Crippen molar-refractivity contribution < 1.29 is 0 Å². The number of nitrogens with zero attached hydrogens (tertiary/aromatic N) is 1. The standard InChI is InChI=1S/C14H18N2/c1-9-6-5-7-10(2)13(9)8-14-15-11(3)12(4)16-14/h5-7H,8H2,1-4H3,(H,15,16). The van der Waals surface area contributed by atoms with E-state index in [1.54, 1.807) is 0 Å². The lowest BCUT2D eigenvalue weighted by Crippen LogP contribution is -1.97. The van der Waals surface area contributed by atoms with Gasteiger partial charge in [0, 0.05) is 12.1 Å². The largest absolute Gasteiger partial charge is 0.346 e. The van der Waals surface area contributed by atoms with E-state index in [2.05, 4.69) is 48.9 Å². The maximum atomic E-state index is 4.53. The number of aromatic nitrogens is 2. The van der Waals surface area contributed by atoms with Crippen molar-refractivity contribution >= 4 is 0 Å². The van der Waals surface area contributed by atoms with Crippen molar-refractivity contribution in [2.24, 2.45) is 0 Å². The molecule has 16 heavy (non-hydrogen) atoms. The Kier molecular flexibility index (Phi) is 2.82.